The van der Waals surface area contributed by atoms with Crippen molar-refractivity contribution in [2.75, 3.05) is 19.7 Å². The zero-order valence-corrected chi connectivity index (χ0v) is 13.5. The highest BCUT2D eigenvalue weighted by molar-refractivity contribution is 5.82. The van der Waals surface area contributed by atoms with E-state index in [0.717, 1.165) is 12.8 Å². The smallest absolute Gasteiger partial charge is 0.310 e. The molecule has 6 heteroatoms. The summed E-state index contributed by atoms with van der Waals surface area (Å²) in [4.78, 5) is 25.9. The van der Waals surface area contributed by atoms with Crippen LogP contribution < -0.4 is 4.74 Å². The maximum atomic E-state index is 12.9. The van der Waals surface area contributed by atoms with Crippen LogP contribution in [-0.4, -0.2) is 42.6 Å². The van der Waals surface area contributed by atoms with Crippen molar-refractivity contribution in [1.29, 1.82) is 0 Å². The molecule has 1 heterocycles. The van der Waals surface area contributed by atoms with E-state index < -0.39 is 6.10 Å². The number of nitrogens with zero attached hydrogens (tertiary/aromatic N) is 1. The van der Waals surface area contributed by atoms with Crippen LogP contribution in [0.1, 0.15) is 26.7 Å². The van der Waals surface area contributed by atoms with Crippen LogP contribution in [0, 0.1) is 11.7 Å². The van der Waals surface area contributed by atoms with Crippen LogP contribution in [0.5, 0.6) is 5.75 Å². The van der Waals surface area contributed by atoms with Gasteiger partial charge in [-0.25, -0.2) is 4.39 Å². The lowest BCUT2D eigenvalue weighted by Gasteiger charge is -2.33. The molecule has 0 N–H and O–H groups in total. The Morgan fingerprint density at radius 1 is 1.35 bits per heavy atom. The number of piperidine rings is 1. The Balaban J connectivity index is 1.93. The Labute approximate surface area is 135 Å². The lowest BCUT2D eigenvalue weighted by atomic mass is 9.98. The zero-order valence-electron chi connectivity index (χ0n) is 13.5. The number of rotatable bonds is 5. The largest absolute Gasteiger partial charge is 0.481 e. The Hall–Kier alpha value is -2.11. The second kappa shape index (κ2) is 7.94. The number of likely N-dealkylation sites (tertiary alicyclic amines) is 1. The highest BCUT2D eigenvalue weighted by Gasteiger charge is 2.31. The Morgan fingerprint density at radius 2 is 2.04 bits per heavy atom. The summed E-state index contributed by atoms with van der Waals surface area (Å²) in [5.74, 6) is -0.623. The van der Waals surface area contributed by atoms with Gasteiger partial charge in [0.15, 0.2) is 6.10 Å². The van der Waals surface area contributed by atoms with Gasteiger partial charge in [-0.3, -0.25) is 9.59 Å². The molecule has 0 radical (unpaired) electrons. The minimum Gasteiger partial charge on any atom is -0.481 e. The molecule has 126 valence electrons. The second-order valence-corrected chi connectivity index (χ2v) is 5.59. The van der Waals surface area contributed by atoms with Gasteiger partial charge < -0.3 is 14.4 Å². The minimum absolute atomic E-state index is 0.177. The van der Waals surface area contributed by atoms with Gasteiger partial charge in [-0.15, -0.1) is 0 Å². The molecule has 1 amide bonds. The summed E-state index contributed by atoms with van der Waals surface area (Å²) in [6.45, 7) is 4.72. The maximum absolute atomic E-state index is 12.9. The number of carbonyl (C=O) groups is 2. The van der Waals surface area contributed by atoms with Gasteiger partial charge in [0.1, 0.15) is 11.6 Å². The first-order valence-electron chi connectivity index (χ1n) is 7.89. The van der Waals surface area contributed by atoms with Crippen molar-refractivity contribution in [2.45, 2.75) is 32.8 Å². The van der Waals surface area contributed by atoms with Crippen LogP contribution in [0.3, 0.4) is 0 Å². The van der Waals surface area contributed by atoms with Crippen LogP contribution in [0.15, 0.2) is 24.3 Å². The highest BCUT2D eigenvalue weighted by atomic mass is 19.1. The van der Waals surface area contributed by atoms with Crippen molar-refractivity contribution in [3.8, 4) is 5.75 Å². The quantitative estimate of drug-likeness (QED) is 0.781. The molecule has 0 aliphatic carbocycles. The minimum atomic E-state index is -0.693. The molecule has 5 nitrogen and oxygen atoms in total. The molecule has 1 aliphatic heterocycles. The van der Waals surface area contributed by atoms with Crippen molar-refractivity contribution < 1.29 is 23.5 Å². The molecule has 1 aliphatic rings. The first kappa shape index (κ1) is 17.2. The van der Waals surface area contributed by atoms with Gasteiger partial charge >= 0.3 is 5.97 Å². The summed E-state index contributed by atoms with van der Waals surface area (Å²) in [5.41, 5.74) is 0. The molecule has 0 aromatic heterocycles. The summed E-state index contributed by atoms with van der Waals surface area (Å²) in [6.07, 6.45) is 0.801. The van der Waals surface area contributed by atoms with Gasteiger partial charge in [0.05, 0.1) is 12.5 Å². The number of hydrogen-bond donors (Lipinski definition) is 0. The molecule has 1 aromatic carbocycles. The average Bonchev–Trinajstić information content (AvgIpc) is 2.56. The van der Waals surface area contributed by atoms with Crippen LogP contribution >= 0.6 is 0 Å². The van der Waals surface area contributed by atoms with Gasteiger partial charge in [0.25, 0.3) is 5.91 Å². The zero-order chi connectivity index (χ0) is 16.8. The van der Waals surface area contributed by atoms with Gasteiger partial charge in [-0.2, -0.15) is 0 Å². The van der Waals surface area contributed by atoms with Crippen LogP contribution in [-0.2, 0) is 14.3 Å². The normalized spacial score (nSPS) is 19.1. The summed E-state index contributed by atoms with van der Waals surface area (Å²) in [5, 5.41) is 0. The number of ether oxygens (including phenoxy) is 2. The fourth-order valence-electron chi connectivity index (χ4n) is 2.65. The summed E-state index contributed by atoms with van der Waals surface area (Å²) < 4.78 is 23.5. The van der Waals surface area contributed by atoms with Crippen LogP contribution in [0.25, 0.3) is 0 Å². The molecule has 1 saturated heterocycles. The van der Waals surface area contributed by atoms with Crippen LogP contribution in [0.2, 0.25) is 0 Å². The monoisotopic (exact) mass is 323 g/mol. The lowest BCUT2D eigenvalue weighted by molar-refractivity contribution is -0.152. The van der Waals surface area contributed by atoms with Crippen molar-refractivity contribution in [3.05, 3.63) is 30.1 Å². The first-order valence-corrected chi connectivity index (χ1v) is 7.89. The highest BCUT2D eigenvalue weighted by Crippen LogP contribution is 2.20. The number of amides is 1. The lowest BCUT2D eigenvalue weighted by Crippen LogP contribution is -2.47. The number of esters is 1. The predicted molar refractivity (Wildman–Crippen MR) is 82.4 cm³/mol. The number of benzene rings is 1. The van der Waals surface area contributed by atoms with E-state index in [9.17, 15) is 14.0 Å². The summed E-state index contributed by atoms with van der Waals surface area (Å²) >= 11 is 0. The third kappa shape index (κ3) is 4.68. The van der Waals surface area contributed by atoms with Crippen LogP contribution in [0.4, 0.5) is 4.39 Å². The second-order valence-electron chi connectivity index (χ2n) is 5.59. The molecular weight excluding hydrogens is 301 g/mol. The van der Waals surface area contributed by atoms with Crippen molar-refractivity contribution in [3.63, 3.8) is 0 Å². The Bertz CT molecular complexity index is 546. The van der Waals surface area contributed by atoms with E-state index in [1.54, 1.807) is 18.7 Å². The van der Waals surface area contributed by atoms with Crippen molar-refractivity contribution in [1.82, 2.24) is 4.90 Å². The molecule has 23 heavy (non-hydrogen) atoms. The van der Waals surface area contributed by atoms with Crippen molar-refractivity contribution in [2.24, 2.45) is 5.92 Å². The number of carbonyl (C=O) groups excluding carboxylic acids is 2. The molecule has 2 atom stereocenters. The molecule has 2 rings (SSSR count). The predicted octanol–water partition coefficient (Wildman–Crippen LogP) is 2.39. The van der Waals surface area contributed by atoms with E-state index in [-0.39, 0.29) is 23.6 Å². The molecule has 0 spiro atoms. The van der Waals surface area contributed by atoms with Crippen molar-refractivity contribution >= 4 is 11.9 Å². The SMILES string of the molecule is CCOC(=O)[C@@H]1CCCN(C(=O)[C@H](C)Oc2ccc(F)cc2)C1. The molecule has 1 fully saturated rings. The average molecular weight is 323 g/mol. The van der Waals surface area contributed by atoms with E-state index >= 15 is 0 Å². The fourth-order valence-corrected chi connectivity index (χ4v) is 2.65. The number of halogens is 1. The van der Waals surface area contributed by atoms with E-state index in [2.05, 4.69) is 0 Å². The molecule has 0 saturated carbocycles. The third-order valence-electron chi connectivity index (χ3n) is 3.83. The van der Waals surface area contributed by atoms with Gasteiger partial charge in [0.2, 0.25) is 0 Å². The molecule has 1 aromatic rings. The standard InChI is InChI=1S/C17H22FNO4/c1-3-22-17(21)13-5-4-10-19(11-13)16(20)12(2)23-15-8-6-14(18)7-9-15/h6-9,12-13H,3-5,10-11H2,1-2H3/t12-,13+/m0/s1. The van der Waals surface area contributed by atoms with Gasteiger partial charge in [-0.05, 0) is 51.0 Å². The molecular formula is C17H22FNO4. The Morgan fingerprint density at radius 3 is 2.70 bits per heavy atom. The van der Waals surface area contributed by atoms with E-state index in [1.165, 1.54) is 24.3 Å². The first-order chi connectivity index (χ1) is 11.0. The van der Waals surface area contributed by atoms with Gasteiger partial charge in [-0.1, -0.05) is 0 Å². The van der Waals surface area contributed by atoms with Gasteiger partial charge in [0, 0.05) is 13.1 Å². The van der Waals surface area contributed by atoms with E-state index in [0.29, 0.717) is 25.4 Å². The van der Waals surface area contributed by atoms with E-state index in [1.807, 2.05) is 0 Å². The summed E-state index contributed by atoms with van der Waals surface area (Å²) in [7, 11) is 0. The molecule has 0 bridgehead atoms. The summed E-state index contributed by atoms with van der Waals surface area (Å²) in [6, 6.07) is 5.53. The third-order valence-corrected chi connectivity index (χ3v) is 3.83. The topological polar surface area (TPSA) is 55.8 Å². The molecule has 0 unspecified atom stereocenters. The van der Waals surface area contributed by atoms with E-state index in [4.69, 9.17) is 9.47 Å². The maximum Gasteiger partial charge on any atom is 0.310 e. The number of hydrogen-bond acceptors (Lipinski definition) is 4. The Kier molecular flexibility index (Phi) is 5.96. The fraction of sp³-hybridized carbons (Fsp3) is 0.529.